The van der Waals surface area contributed by atoms with Crippen molar-refractivity contribution in [1.29, 1.82) is 0 Å². The van der Waals surface area contributed by atoms with E-state index in [0.29, 0.717) is 0 Å². The van der Waals surface area contributed by atoms with Gasteiger partial charge in [0.25, 0.3) is 0 Å². The molecule has 1 N–H and O–H groups in total. The number of unbranched alkanes of at least 4 members (excludes halogenated alkanes) is 1. The average Bonchev–Trinajstić information content (AvgIpc) is 2.58. The first-order chi connectivity index (χ1) is 6.42. The summed E-state index contributed by atoms with van der Waals surface area (Å²) in [5.74, 6) is 0. The van der Waals surface area contributed by atoms with Gasteiger partial charge >= 0.3 is 0 Å². The van der Waals surface area contributed by atoms with Crippen molar-refractivity contribution in [3.8, 4) is 0 Å². The molecule has 1 nitrogen and oxygen atoms in total. The minimum Gasteiger partial charge on any atom is -0.353 e. The second-order valence-corrected chi connectivity index (χ2v) is 3.38. The number of nitrogens with one attached hydrogen (secondary N) is 1. The Morgan fingerprint density at radius 2 is 2.15 bits per heavy atom. The molecule has 0 aliphatic heterocycles. The van der Waals surface area contributed by atoms with Crippen molar-refractivity contribution >= 4 is 10.9 Å². The number of hydrogen-bond acceptors (Lipinski definition) is 0. The van der Waals surface area contributed by atoms with Crippen molar-refractivity contribution in [3.05, 3.63) is 36.0 Å². The zero-order valence-electron chi connectivity index (χ0n) is 7.93. The van der Waals surface area contributed by atoms with Crippen LogP contribution < -0.4 is 0 Å². The molecule has 0 saturated carbocycles. The van der Waals surface area contributed by atoms with Crippen molar-refractivity contribution in [2.24, 2.45) is 0 Å². The molecule has 0 bridgehead atoms. The molecule has 0 amide bonds. The van der Waals surface area contributed by atoms with Crippen LogP contribution in [0.5, 0.6) is 0 Å². The number of hydrogen-bond donors (Lipinski definition) is 1. The van der Waals surface area contributed by atoms with Gasteiger partial charge in [0.2, 0.25) is 0 Å². The van der Waals surface area contributed by atoms with E-state index in [1.807, 2.05) is 0 Å². The lowest BCUT2D eigenvalue weighted by Gasteiger charge is -1.95. The average molecular weight is 172 g/mol. The number of aryl methyl sites for hydroxylation is 1. The van der Waals surface area contributed by atoms with Gasteiger partial charge in [-0.05, 0) is 24.5 Å². The Morgan fingerprint density at radius 3 is 3.00 bits per heavy atom. The summed E-state index contributed by atoms with van der Waals surface area (Å²) in [5, 5.41) is 1.33. The van der Waals surface area contributed by atoms with Crippen LogP contribution in [0.1, 0.15) is 25.3 Å². The molecule has 1 heterocycles. The molecule has 1 heteroatoms. The van der Waals surface area contributed by atoms with E-state index in [1.165, 1.54) is 29.3 Å². The lowest BCUT2D eigenvalue weighted by atomic mass is 10.1. The Balaban J connectivity index is 2.35. The van der Waals surface area contributed by atoms with Crippen LogP contribution in [0.2, 0.25) is 0 Å². The Bertz CT molecular complexity index is 387. The van der Waals surface area contributed by atoms with Crippen molar-refractivity contribution in [2.45, 2.75) is 26.2 Å². The molecule has 0 aliphatic carbocycles. The maximum Gasteiger partial charge on any atom is 0.0666 e. The van der Waals surface area contributed by atoms with Gasteiger partial charge in [0.05, 0.1) is 6.20 Å². The minimum atomic E-state index is 1.14. The first-order valence-corrected chi connectivity index (χ1v) is 4.89. The molecule has 0 atom stereocenters. The third-order valence-electron chi connectivity index (χ3n) is 2.38. The molecule has 0 spiro atoms. The monoisotopic (exact) mass is 172 g/mol. The molecular formula is C12H14N. The van der Waals surface area contributed by atoms with Crippen LogP contribution in [-0.2, 0) is 6.42 Å². The van der Waals surface area contributed by atoms with Crippen LogP contribution in [0.25, 0.3) is 10.9 Å². The zero-order valence-corrected chi connectivity index (χ0v) is 7.93. The fourth-order valence-electron chi connectivity index (χ4n) is 1.62. The molecule has 67 valence electrons. The summed E-state index contributed by atoms with van der Waals surface area (Å²) in [7, 11) is 0. The van der Waals surface area contributed by atoms with Gasteiger partial charge in [0.15, 0.2) is 0 Å². The predicted molar refractivity (Wildman–Crippen MR) is 55.7 cm³/mol. The van der Waals surface area contributed by atoms with Gasteiger partial charge in [0.1, 0.15) is 0 Å². The van der Waals surface area contributed by atoms with E-state index < -0.39 is 0 Å². The molecule has 0 fully saturated rings. The van der Waals surface area contributed by atoms with Crippen molar-refractivity contribution in [1.82, 2.24) is 4.98 Å². The number of aromatic amines is 1. The highest BCUT2D eigenvalue weighted by Gasteiger charge is 2.01. The molecule has 2 aromatic rings. The third-order valence-corrected chi connectivity index (χ3v) is 2.38. The van der Waals surface area contributed by atoms with Crippen molar-refractivity contribution < 1.29 is 0 Å². The van der Waals surface area contributed by atoms with Crippen molar-refractivity contribution in [3.63, 3.8) is 0 Å². The maximum absolute atomic E-state index is 3.22. The first kappa shape index (κ1) is 8.36. The summed E-state index contributed by atoms with van der Waals surface area (Å²) >= 11 is 0. The highest BCUT2D eigenvalue weighted by atomic mass is 14.7. The molecule has 0 aliphatic rings. The highest BCUT2D eigenvalue weighted by Crippen LogP contribution is 2.18. The number of benzene rings is 1. The number of fused-ring (bicyclic) bond motifs is 1. The van der Waals surface area contributed by atoms with Crippen LogP contribution in [0.3, 0.4) is 0 Å². The first-order valence-electron chi connectivity index (χ1n) is 4.89. The minimum absolute atomic E-state index is 1.14. The Kier molecular flexibility index (Phi) is 2.35. The van der Waals surface area contributed by atoms with Gasteiger partial charge in [-0.15, -0.1) is 0 Å². The SMILES string of the molecule is CCCCc1[c][nH]c2ccccc12. The normalized spacial score (nSPS) is 10.8. The molecule has 1 radical (unpaired) electrons. The molecule has 2 rings (SSSR count). The van der Waals surface area contributed by atoms with E-state index >= 15 is 0 Å². The fraction of sp³-hybridized carbons (Fsp3) is 0.333. The van der Waals surface area contributed by atoms with Crippen LogP contribution in [0, 0.1) is 6.20 Å². The number of H-pyrrole nitrogens is 1. The number of aromatic nitrogens is 1. The van der Waals surface area contributed by atoms with E-state index in [1.54, 1.807) is 0 Å². The van der Waals surface area contributed by atoms with E-state index in [-0.39, 0.29) is 0 Å². The molecule has 1 aromatic carbocycles. The lowest BCUT2D eigenvalue weighted by molar-refractivity contribution is 0.798. The predicted octanol–water partition coefficient (Wildman–Crippen LogP) is 3.31. The van der Waals surface area contributed by atoms with Gasteiger partial charge in [-0.1, -0.05) is 31.5 Å². The molecule has 0 saturated heterocycles. The smallest absolute Gasteiger partial charge is 0.0666 e. The third kappa shape index (κ3) is 1.59. The van der Waals surface area contributed by atoms with Gasteiger partial charge in [0, 0.05) is 10.9 Å². The van der Waals surface area contributed by atoms with Crippen LogP contribution in [0.4, 0.5) is 0 Å². The van der Waals surface area contributed by atoms with E-state index in [2.05, 4.69) is 42.4 Å². The second-order valence-electron chi connectivity index (χ2n) is 3.38. The number of rotatable bonds is 3. The molecule has 13 heavy (non-hydrogen) atoms. The molecular weight excluding hydrogens is 158 g/mol. The van der Waals surface area contributed by atoms with Gasteiger partial charge in [-0.25, -0.2) is 0 Å². The van der Waals surface area contributed by atoms with Crippen LogP contribution in [0.15, 0.2) is 24.3 Å². The quantitative estimate of drug-likeness (QED) is 0.731. The lowest BCUT2D eigenvalue weighted by Crippen LogP contribution is -1.81. The number of para-hydroxylation sites is 1. The summed E-state index contributed by atoms with van der Waals surface area (Å²) in [5.41, 5.74) is 2.53. The molecule has 1 aromatic heterocycles. The van der Waals surface area contributed by atoms with E-state index in [0.717, 1.165) is 6.42 Å². The largest absolute Gasteiger partial charge is 0.353 e. The summed E-state index contributed by atoms with van der Waals surface area (Å²) in [6.07, 6.45) is 6.85. The standard InChI is InChI=1S/C12H14N/c1-2-3-6-10-9-13-12-8-5-4-7-11(10)12/h4-5,7-8,13H,2-3,6H2,1H3. The van der Waals surface area contributed by atoms with Gasteiger partial charge in [-0.2, -0.15) is 0 Å². The Morgan fingerprint density at radius 1 is 1.31 bits per heavy atom. The van der Waals surface area contributed by atoms with Crippen LogP contribution in [-0.4, -0.2) is 4.98 Å². The Labute approximate surface area is 78.8 Å². The van der Waals surface area contributed by atoms with Gasteiger partial charge < -0.3 is 4.98 Å². The molecule has 0 unspecified atom stereocenters. The topological polar surface area (TPSA) is 15.8 Å². The second kappa shape index (κ2) is 3.65. The maximum atomic E-state index is 3.22. The van der Waals surface area contributed by atoms with Gasteiger partial charge in [-0.3, -0.25) is 0 Å². The van der Waals surface area contributed by atoms with Crippen molar-refractivity contribution in [2.75, 3.05) is 0 Å². The summed E-state index contributed by atoms with van der Waals surface area (Å²) in [6.45, 7) is 2.22. The zero-order chi connectivity index (χ0) is 9.10. The summed E-state index contributed by atoms with van der Waals surface area (Å²) in [6, 6.07) is 8.39. The van der Waals surface area contributed by atoms with E-state index in [4.69, 9.17) is 0 Å². The summed E-state index contributed by atoms with van der Waals surface area (Å²) in [4.78, 5) is 3.17. The fourth-order valence-corrected chi connectivity index (χ4v) is 1.62. The van der Waals surface area contributed by atoms with E-state index in [9.17, 15) is 0 Å². The highest BCUT2D eigenvalue weighted by molar-refractivity contribution is 5.82. The Hall–Kier alpha value is -1.24. The van der Waals surface area contributed by atoms with Crippen LogP contribution >= 0.6 is 0 Å². The summed E-state index contributed by atoms with van der Waals surface area (Å²) < 4.78 is 0.